The fourth-order valence-electron chi connectivity index (χ4n) is 1.83. The van der Waals surface area contributed by atoms with Crippen LogP contribution in [0.3, 0.4) is 0 Å². The minimum absolute atomic E-state index is 0.471. The summed E-state index contributed by atoms with van der Waals surface area (Å²) in [7, 11) is 0. The second kappa shape index (κ2) is 5.23. The molecule has 1 aliphatic carbocycles. The summed E-state index contributed by atoms with van der Waals surface area (Å²) < 4.78 is 37.4. The number of nitrogens with one attached hydrogen (secondary N) is 2. The molecule has 2 aromatic rings. The van der Waals surface area contributed by atoms with Crippen LogP contribution in [0.1, 0.15) is 18.4 Å². The normalized spacial score (nSPS) is 14.8. The van der Waals surface area contributed by atoms with Crippen molar-refractivity contribution in [1.29, 1.82) is 0 Å². The zero-order valence-corrected chi connectivity index (χ0v) is 11.0. The van der Waals surface area contributed by atoms with Crippen LogP contribution in [-0.2, 0) is 6.18 Å². The van der Waals surface area contributed by atoms with E-state index in [1.807, 2.05) is 0 Å². The fourth-order valence-corrected chi connectivity index (χ4v) is 1.83. The van der Waals surface area contributed by atoms with E-state index in [9.17, 15) is 13.2 Å². The standard InChI is InChI=1S/C14H13F3N4/c15-14(16,17)9-1-3-10(4-2-9)20-12-7-13(19-8-18-12)21-11-5-6-11/h1-4,7-8,11H,5-6H2,(H2,18,19,20,21). The molecule has 1 aromatic carbocycles. The van der Waals surface area contributed by atoms with Gasteiger partial charge >= 0.3 is 6.18 Å². The van der Waals surface area contributed by atoms with E-state index in [1.165, 1.54) is 18.5 Å². The van der Waals surface area contributed by atoms with E-state index in [1.54, 1.807) is 6.07 Å². The Morgan fingerprint density at radius 2 is 1.67 bits per heavy atom. The maximum Gasteiger partial charge on any atom is 0.416 e. The lowest BCUT2D eigenvalue weighted by Gasteiger charge is -2.10. The molecule has 0 radical (unpaired) electrons. The van der Waals surface area contributed by atoms with Crippen LogP contribution in [-0.4, -0.2) is 16.0 Å². The monoisotopic (exact) mass is 294 g/mol. The number of hydrogen-bond donors (Lipinski definition) is 2. The van der Waals surface area contributed by atoms with Gasteiger partial charge < -0.3 is 10.6 Å². The van der Waals surface area contributed by atoms with Gasteiger partial charge in [-0.05, 0) is 37.1 Å². The highest BCUT2D eigenvalue weighted by Gasteiger charge is 2.29. The van der Waals surface area contributed by atoms with Crippen molar-refractivity contribution in [2.24, 2.45) is 0 Å². The van der Waals surface area contributed by atoms with Gasteiger partial charge in [0.1, 0.15) is 18.0 Å². The van der Waals surface area contributed by atoms with Crippen LogP contribution in [0.2, 0.25) is 0 Å². The summed E-state index contributed by atoms with van der Waals surface area (Å²) in [5, 5.41) is 6.19. The summed E-state index contributed by atoms with van der Waals surface area (Å²) in [6, 6.07) is 7.02. The molecule has 1 heterocycles. The molecular weight excluding hydrogens is 281 g/mol. The van der Waals surface area contributed by atoms with E-state index in [4.69, 9.17) is 0 Å². The number of hydrogen-bond acceptors (Lipinski definition) is 4. The van der Waals surface area contributed by atoms with E-state index in [0.717, 1.165) is 25.0 Å². The molecule has 1 saturated carbocycles. The van der Waals surface area contributed by atoms with E-state index < -0.39 is 11.7 Å². The summed E-state index contributed by atoms with van der Waals surface area (Å²) in [6.45, 7) is 0. The Bertz CT molecular complexity index is 621. The molecule has 1 aromatic heterocycles. The number of aromatic nitrogens is 2. The molecule has 7 heteroatoms. The Morgan fingerprint density at radius 3 is 2.29 bits per heavy atom. The predicted octanol–water partition coefficient (Wildman–Crippen LogP) is 3.81. The van der Waals surface area contributed by atoms with E-state index >= 15 is 0 Å². The number of benzene rings is 1. The van der Waals surface area contributed by atoms with Gasteiger partial charge in [-0.3, -0.25) is 0 Å². The summed E-state index contributed by atoms with van der Waals surface area (Å²) in [4.78, 5) is 8.15. The van der Waals surface area contributed by atoms with E-state index in [-0.39, 0.29) is 0 Å². The van der Waals surface area contributed by atoms with E-state index in [0.29, 0.717) is 23.4 Å². The van der Waals surface area contributed by atoms with Crippen molar-refractivity contribution in [1.82, 2.24) is 9.97 Å². The first-order valence-corrected chi connectivity index (χ1v) is 6.53. The third kappa shape index (κ3) is 3.62. The largest absolute Gasteiger partial charge is 0.416 e. The Kier molecular flexibility index (Phi) is 3.40. The number of rotatable bonds is 4. The molecule has 1 fully saturated rings. The van der Waals surface area contributed by atoms with Gasteiger partial charge in [0.05, 0.1) is 5.56 Å². The first kappa shape index (κ1) is 13.7. The SMILES string of the molecule is FC(F)(F)c1ccc(Nc2cc(NC3CC3)ncn2)cc1. The zero-order chi connectivity index (χ0) is 14.9. The average molecular weight is 294 g/mol. The van der Waals surface area contributed by atoms with Crippen molar-refractivity contribution >= 4 is 17.3 Å². The average Bonchev–Trinajstić information content (AvgIpc) is 3.23. The lowest BCUT2D eigenvalue weighted by molar-refractivity contribution is -0.137. The molecule has 110 valence electrons. The molecule has 0 atom stereocenters. The maximum atomic E-state index is 12.5. The van der Waals surface area contributed by atoms with Crippen molar-refractivity contribution in [2.45, 2.75) is 25.1 Å². The van der Waals surface area contributed by atoms with Crippen LogP contribution >= 0.6 is 0 Å². The van der Waals surface area contributed by atoms with Gasteiger partial charge in [0.25, 0.3) is 0 Å². The first-order chi connectivity index (χ1) is 10.0. The fraction of sp³-hybridized carbons (Fsp3) is 0.286. The van der Waals surface area contributed by atoms with Gasteiger partial charge in [0.15, 0.2) is 0 Å². The first-order valence-electron chi connectivity index (χ1n) is 6.53. The Hall–Kier alpha value is -2.31. The van der Waals surface area contributed by atoms with Crippen LogP contribution < -0.4 is 10.6 Å². The number of halogens is 3. The van der Waals surface area contributed by atoms with Crippen LogP contribution in [0.5, 0.6) is 0 Å². The highest BCUT2D eigenvalue weighted by Crippen LogP contribution is 2.30. The van der Waals surface area contributed by atoms with Gasteiger partial charge in [-0.1, -0.05) is 0 Å². The van der Waals surface area contributed by atoms with Crippen LogP contribution in [0.15, 0.2) is 36.7 Å². The molecule has 3 rings (SSSR count). The van der Waals surface area contributed by atoms with Gasteiger partial charge in [-0.2, -0.15) is 13.2 Å². The molecule has 0 spiro atoms. The third-order valence-electron chi connectivity index (χ3n) is 3.08. The molecule has 0 saturated heterocycles. The molecular formula is C14H13F3N4. The number of anilines is 3. The van der Waals surface area contributed by atoms with Crippen molar-refractivity contribution in [3.63, 3.8) is 0 Å². The van der Waals surface area contributed by atoms with E-state index in [2.05, 4.69) is 20.6 Å². The molecule has 4 nitrogen and oxygen atoms in total. The van der Waals surface area contributed by atoms with Gasteiger partial charge in [-0.15, -0.1) is 0 Å². The van der Waals surface area contributed by atoms with Crippen LogP contribution in [0.4, 0.5) is 30.5 Å². The topological polar surface area (TPSA) is 49.8 Å². The Morgan fingerprint density at radius 1 is 1.00 bits per heavy atom. The molecule has 0 unspecified atom stereocenters. The quantitative estimate of drug-likeness (QED) is 0.900. The van der Waals surface area contributed by atoms with Crippen molar-refractivity contribution in [3.05, 3.63) is 42.2 Å². The van der Waals surface area contributed by atoms with Gasteiger partial charge in [-0.25, -0.2) is 9.97 Å². The van der Waals surface area contributed by atoms with Gasteiger partial charge in [0, 0.05) is 17.8 Å². The predicted molar refractivity (Wildman–Crippen MR) is 73.4 cm³/mol. The summed E-state index contributed by atoms with van der Waals surface area (Å²) in [6.07, 6.45) is -0.650. The Balaban J connectivity index is 1.70. The molecule has 2 N–H and O–H groups in total. The van der Waals surface area contributed by atoms with Crippen LogP contribution in [0.25, 0.3) is 0 Å². The Labute approximate surface area is 119 Å². The summed E-state index contributed by atoms with van der Waals surface area (Å²) in [5.41, 5.74) is -0.133. The second-order valence-corrected chi connectivity index (χ2v) is 4.91. The van der Waals surface area contributed by atoms with Crippen molar-refractivity contribution < 1.29 is 13.2 Å². The van der Waals surface area contributed by atoms with Crippen molar-refractivity contribution in [2.75, 3.05) is 10.6 Å². The van der Waals surface area contributed by atoms with Crippen LogP contribution in [0, 0.1) is 0 Å². The smallest absolute Gasteiger partial charge is 0.367 e. The summed E-state index contributed by atoms with van der Waals surface area (Å²) >= 11 is 0. The number of nitrogens with zero attached hydrogens (tertiary/aromatic N) is 2. The molecule has 0 aliphatic heterocycles. The second-order valence-electron chi connectivity index (χ2n) is 4.91. The maximum absolute atomic E-state index is 12.5. The minimum Gasteiger partial charge on any atom is -0.367 e. The minimum atomic E-state index is -4.32. The highest BCUT2D eigenvalue weighted by molar-refractivity contribution is 5.59. The molecule has 0 bridgehead atoms. The molecule has 21 heavy (non-hydrogen) atoms. The zero-order valence-electron chi connectivity index (χ0n) is 11.0. The number of alkyl halides is 3. The lowest BCUT2D eigenvalue weighted by atomic mass is 10.2. The lowest BCUT2D eigenvalue weighted by Crippen LogP contribution is -2.05. The molecule has 0 amide bonds. The molecule has 1 aliphatic rings. The van der Waals surface area contributed by atoms with Gasteiger partial charge in [0.2, 0.25) is 0 Å². The highest BCUT2D eigenvalue weighted by atomic mass is 19.4. The summed E-state index contributed by atoms with van der Waals surface area (Å²) in [5.74, 6) is 1.25. The third-order valence-corrected chi connectivity index (χ3v) is 3.08. The van der Waals surface area contributed by atoms with Crippen molar-refractivity contribution in [3.8, 4) is 0 Å².